The SMILES string of the molecule is O=C(Nc1cc2cc(C3CCN(C4COC4)CC3)c(Cl)cc2cn1)[C@H]1C[C@@H]1F. The van der Waals surface area contributed by atoms with E-state index in [-0.39, 0.29) is 5.91 Å². The number of rotatable bonds is 4. The van der Waals surface area contributed by atoms with Crippen LogP contribution in [-0.2, 0) is 9.53 Å². The highest BCUT2D eigenvalue weighted by molar-refractivity contribution is 6.32. The van der Waals surface area contributed by atoms with Crippen LogP contribution in [0.25, 0.3) is 10.8 Å². The summed E-state index contributed by atoms with van der Waals surface area (Å²) in [6, 6.07) is 6.51. The Bertz CT molecular complexity index is 912. The molecule has 28 heavy (non-hydrogen) atoms. The summed E-state index contributed by atoms with van der Waals surface area (Å²) in [6.07, 6.45) is 3.17. The Kier molecular flexibility index (Phi) is 4.73. The Balaban J connectivity index is 1.34. The summed E-state index contributed by atoms with van der Waals surface area (Å²) in [5.41, 5.74) is 1.16. The Morgan fingerprint density at radius 3 is 2.61 bits per heavy atom. The molecule has 1 N–H and O–H groups in total. The second kappa shape index (κ2) is 7.25. The molecule has 0 bridgehead atoms. The van der Waals surface area contributed by atoms with Crippen molar-refractivity contribution in [1.29, 1.82) is 0 Å². The van der Waals surface area contributed by atoms with Crippen LogP contribution < -0.4 is 5.32 Å². The molecular weight excluding hydrogens is 381 g/mol. The van der Waals surface area contributed by atoms with Crippen LogP contribution in [0.1, 0.15) is 30.7 Å². The average Bonchev–Trinajstić information content (AvgIpc) is 3.38. The van der Waals surface area contributed by atoms with Crippen molar-refractivity contribution in [1.82, 2.24) is 9.88 Å². The van der Waals surface area contributed by atoms with Gasteiger partial charge in [0.15, 0.2) is 0 Å². The molecule has 1 amide bonds. The van der Waals surface area contributed by atoms with Crippen LogP contribution in [0.2, 0.25) is 5.02 Å². The van der Waals surface area contributed by atoms with Crippen molar-refractivity contribution in [2.24, 2.45) is 5.92 Å². The number of carbonyl (C=O) groups excluding carboxylic acids is 1. The predicted molar refractivity (Wildman–Crippen MR) is 107 cm³/mol. The Morgan fingerprint density at radius 1 is 1.21 bits per heavy atom. The maximum absolute atomic E-state index is 13.1. The minimum atomic E-state index is -1.01. The topological polar surface area (TPSA) is 54.5 Å². The molecule has 2 atom stereocenters. The van der Waals surface area contributed by atoms with Gasteiger partial charge in [0.25, 0.3) is 0 Å². The molecule has 3 heterocycles. The van der Waals surface area contributed by atoms with Gasteiger partial charge in [-0.05, 0) is 67.4 Å². The number of piperidine rings is 1. The van der Waals surface area contributed by atoms with Crippen LogP contribution >= 0.6 is 11.6 Å². The van der Waals surface area contributed by atoms with Crippen molar-refractivity contribution in [3.05, 3.63) is 35.0 Å². The summed E-state index contributed by atoms with van der Waals surface area (Å²) < 4.78 is 18.4. The fraction of sp³-hybridized carbons (Fsp3) is 0.524. The quantitative estimate of drug-likeness (QED) is 0.844. The van der Waals surface area contributed by atoms with Gasteiger partial charge in [0, 0.05) is 16.6 Å². The molecule has 1 saturated carbocycles. The van der Waals surface area contributed by atoms with Crippen molar-refractivity contribution >= 4 is 34.1 Å². The molecule has 1 aromatic carbocycles. The maximum atomic E-state index is 13.1. The van der Waals surface area contributed by atoms with E-state index in [1.165, 1.54) is 0 Å². The number of alkyl halides is 1. The van der Waals surface area contributed by atoms with Gasteiger partial charge >= 0.3 is 0 Å². The van der Waals surface area contributed by atoms with Crippen LogP contribution in [0.5, 0.6) is 0 Å². The van der Waals surface area contributed by atoms with Gasteiger partial charge in [-0.2, -0.15) is 0 Å². The number of benzene rings is 1. The highest BCUT2D eigenvalue weighted by Crippen LogP contribution is 2.37. The number of nitrogens with one attached hydrogen (secondary N) is 1. The fourth-order valence-corrected chi connectivity index (χ4v) is 4.55. The second-order valence-corrected chi connectivity index (χ2v) is 8.55. The van der Waals surface area contributed by atoms with Gasteiger partial charge in [-0.1, -0.05) is 11.6 Å². The van der Waals surface area contributed by atoms with E-state index in [4.69, 9.17) is 16.3 Å². The summed E-state index contributed by atoms with van der Waals surface area (Å²) in [6.45, 7) is 3.84. The Morgan fingerprint density at radius 2 is 1.96 bits per heavy atom. The van der Waals surface area contributed by atoms with Crippen molar-refractivity contribution in [3.63, 3.8) is 0 Å². The van der Waals surface area contributed by atoms with E-state index >= 15 is 0 Å². The van der Waals surface area contributed by atoms with Crippen LogP contribution in [0.15, 0.2) is 24.4 Å². The molecule has 5 rings (SSSR count). The number of aromatic nitrogens is 1. The summed E-state index contributed by atoms with van der Waals surface area (Å²) in [5.74, 6) is 0.0780. The number of hydrogen-bond donors (Lipinski definition) is 1. The predicted octanol–water partition coefficient (Wildman–Crippen LogP) is 3.76. The zero-order chi connectivity index (χ0) is 19.3. The average molecular weight is 404 g/mol. The van der Waals surface area contributed by atoms with Crippen molar-refractivity contribution in [3.8, 4) is 0 Å². The maximum Gasteiger partial charge on any atom is 0.231 e. The molecule has 0 radical (unpaired) electrons. The first-order valence-electron chi connectivity index (χ1n) is 9.94. The van der Waals surface area contributed by atoms with Crippen molar-refractivity contribution in [2.45, 2.75) is 37.4 Å². The minimum Gasteiger partial charge on any atom is -0.378 e. The van der Waals surface area contributed by atoms with Gasteiger partial charge in [0.2, 0.25) is 5.91 Å². The summed E-state index contributed by atoms with van der Waals surface area (Å²) in [7, 11) is 0. The molecule has 3 aliphatic rings. The molecule has 2 aromatic rings. The van der Waals surface area contributed by atoms with E-state index < -0.39 is 12.1 Å². The Hall–Kier alpha value is -1.76. The normalized spacial score (nSPS) is 26.2. The lowest BCUT2D eigenvalue weighted by Crippen LogP contribution is -2.51. The lowest BCUT2D eigenvalue weighted by atomic mass is 9.87. The number of anilines is 1. The number of fused-ring (bicyclic) bond motifs is 1. The third-order valence-electron chi connectivity index (χ3n) is 6.24. The number of likely N-dealkylation sites (tertiary alicyclic amines) is 1. The van der Waals surface area contributed by atoms with Gasteiger partial charge in [-0.3, -0.25) is 9.69 Å². The molecule has 2 saturated heterocycles. The van der Waals surface area contributed by atoms with E-state index in [0.29, 0.717) is 24.2 Å². The number of halogens is 2. The van der Waals surface area contributed by atoms with Gasteiger partial charge in [0.05, 0.1) is 25.2 Å². The van der Waals surface area contributed by atoms with Crippen LogP contribution in [-0.4, -0.2) is 54.3 Å². The zero-order valence-corrected chi connectivity index (χ0v) is 16.3. The lowest BCUT2D eigenvalue weighted by Gasteiger charge is -2.41. The molecule has 0 unspecified atom stereocenters. The van der Waals surface area contributed by atoms with Crippen molar-refractivity contribution in [2.75, 3.05) is 31.6 Å². The molecule has 148 valence electrons. The summed E-state index contributed by atoms with van der Waals surface area (Å²) in [5, 5.41) is 5.43. The van der Waals surface area contributed by atoms with Crippen molar-refractivity contribution < 1.29 is 13.9 Å². The van der Waals surface area contributed by atoms with Crippen LogP contribution in [0, 0.1) is 5.92 Å². The van der Waals surface area contributed by atoms with E-state index in [1.54, 1.807) is 6.20 Å². The lowest BCUT2D eigenvalue weighted by molar-refractivity contribution is -0.117. The van der Waals surface area contributed by atoms with Gasteiger partial charge in [-0.25, -0.2) is 9.37 Å². The largest absolute Gasteiger partial charge is 0.378 e. The zero-order valence-electron chi connectivity index (χ0n) is 15.5. The molecular formula is C21H23ClFN3O2. The third-order valence-corrected chi connectivity index (χ3v) is 6.57. The van der Waals surface area contributed by atoms with E-state index in [9.17, 15) is 9.18 Å². The molecule has 2 aliphatic heterocycles. The number of hydrogen-bond acceptors (Lipinski definition) is 4. The highest BCUT2D eigenvalue weighted by Gasteiger charge is 2.43. The number of amides is 1. The second-order valence-electron chi connectivity index (χ2n) is 8.14. The first-order valence-corrected chi connectivity index (χ1v) is 10.3. The van der Waals surface area contributed by atoms with Crippen LogP contribution in [0.3, 0.4) is 0 Å². The van der Waals surface area contributed by atoms with Crippen LogP contribution in [0.4, 0.5) is 10.2 Å². The van der Waals surface area contributed by atoms with Gasteiger partial charge in [0.1, 0.15) is 12.0 Å². The fourth-order valence-electron chi connectivity index (χ4n) is 4.23. The van der Waals surface area contributed by atoms with E-state index in [1.807, 2.05) is 12.1 Å². The third kappa shape index (κ3) is 3.49. The molecule has 0 spiro atoms. The first kappa shape index (κ1) is 18.3. The highest BCUT2D eigenvalue weighted by atomic mass is 35.5. The number of ether oxygens (including phenoxy) is 1. The molecule has 7 heteroatoms. The summed E-state index contributed by atoms with van der Waals surface area (Å²) in [4.78, 5) is 18.8. The van der Waals surface area contributed by atoms with E-state index in [2.05, 4.69) is 21.3 Å². The van der Waals surface area contributed by atoms with Gasteiger partial charge < -0.3 is 10.1 Å². The standard InChI is InChI=1S/C21H23ClFN3O2/c22-18-6-14-9-24-20(25-21(27)17-8-19(17)23)7-13(14)5-16(18)12-1-3-26(4-2-12)15-10-28-11-15/h5-7,9,12,15,17,19H,1-4,8,10-11H2,(H,24,25,27)/t17-,19-/m0/s1. The molecule has 1 aliphatic carbocycles. The number of carbonyl (C=O) groups is 1. The molecule has 3 fully saturated rings. The van der Waals surface area contributed by atoms with Gasteiger partial charge in [-0.15, -0.1) is 0 Å². The monoisotopic (exact) mass is 403 g/mol. The first-order chi connectivity index (χ1) is 13.6. The molecule has 5 nitrogen and oxygen atoms in total. The smallest absolute Gasteiger partial charge is 0.231 e. The Labute approximate surface area is 168 Å². The van der Waals surface area contributed by atoms with E-state index in [0.717, 1.165) is 60.5 Å². The summed E-state index contributed by atoms with van der Waals surface area (Å²) >= 11 is 6.59. The molecule has 1 aromatic heterocycles. The number of nitrogens with zero attached hydrogens (tertiary/aromatic N) is 2. The minimum absolute atomic E-state index is 0.291. The number of pyridine rings is 1.